The van der Waals surface area contributed by atoms with Crippen molar-refractivity contribution >= 4 is 62.0 Å². The first-order chi connectivity index (χ1) is 47.2. The predicted octanol–water partition coefficient (Wildman–Crippen LogP) is 20.4. The quantitative estimate of drug-likeness (QED) is 0.154. The Morgan fingerprint density at radius 3 is 1.40 bits per heavy atom. The van der Waals surface area contributed by atoms with Crippen molar-refractivity contribution in [1.82, 2.24) is 4.57 Å². The Kier molecular flexibility index (Phi) is 10.0. The number of ether oxygens (including phenoxy) is 1. The van der Waals surface area contributed by atoms with E-state index < -0.39 is 48.4 Å². The van der Waals surface area contributed by atoms with E-state index in [-0.39, 0.29) is 51.5 Å². The highest BCUT2D eigenvalue weighted by atomic mass is 16.5. The van der Waals surface area contributed by atoms with E-state index in [0.29, 0.717) is 28.3 Å². The maximum absolute atomic E-state index is 9.61. The van der Waals surface area contributed by atoms with E-state index in [1.807, 2.05) is 60.7 Å². The lowest BCUT2D eigenvalue weighted by molar-refractivity contribution is 0.435. The second kappa shape index (κ2) is 20.1. The number of benzene rings is 12. The molecule has 16 rings (SSSR count). The molecule has 0 unspecified atom stereocenters. The van der Waals surface area contributed by atoms with Gasteiger partial charge in [-0.3, -0.25) is 0 Å². The number of hydrogen-bond donors (Lipinski definition) is 0. The Morgan fingerprint density at radius 2 is 0.876 bits per heavy atom. The van der Waals surface area contributed by atoms with Crippen LogP contribution in [0.5, 0.6) is 11.5 Å². The van der Waals surface area contributed by atoms with Gasteiger partial charge >= 0.3 is 0 Å². The van der Waals surface area contributed by atoms with Gasteiger partial charge in [-0.25, -0.2) is 0 Å². The van der Waals surface area contributed by atoms with Gasteiger partial charge in [-0.05, 0) is 155 Å². The molecule has 13 aromatic rings. The number of anilines is 3. The fourth-order valence-corrected chi connectivity index (χ4v) is 14.6. The molecular formula is C85H71BN2O. The number of aromatic nitrogens is 1. The average Bonchev–Trinajstić information content (AvgIpc) is 0.801. The highest BCUT2D eigenvalue weighted by Crippen LogP contribution is 2.59. The molecule has 4 heteroatoms. The van der Waals surface area contributed by atoms with Gasteiger partial charge in [0.2, 0.25) is 6.71 Å². The van der Waals surface area contributed by atoms with E-state index in [4.69, 9.17) is 13.0 Å². The fraction of sp³-hybridized carbons (Fsp3) is 0.153. The molecule has 0 amide bonds. The van der Waals surface area contributed by atoms with Crippen LogP contribution < -0.4 is 26.0 Å². The predicted molar refractivity (Wildman–Crippen MR) is 376 cm³/mol. The molecule has 12 aromatic carbocycles. The SMILES string of the molecule is [2H]c1c([2H])c([2H])c(-c2ccc3c(c2)B2c4ccc(-c5c([2H])c([2H])c([2H])c([2H])c5[2H])cc4N(c4c(-c5ccccc5)cc(C(C)(C)C)cc4-c4ccccc4)c4cc(-n5c6ccc(C(C)(C)C)cc6c6cc(C(C)(C)C)ccc65)cc(c42)C32c3ccccc3Oc3ccccc32)c([2H])c1[2H]. The number of rotatable bonds is 6. The molecule has 0 saturated heterocycles. The van der Waals surface area contributed by atoms with Crippen molar-refractivity contribution in [2.75, 3.05) is 4.90 Å². The molecule has 0 N–H and O–H groups in total. The molecule has 1 spiro atoms. The summed E-state index contributed by atoms with van der Waals surface area (Å²) in [6, 6.07) is 68.5. The Labute approximate surface area is 538 Å². The third-order valence-corrected chi connectivity index (χ3v) is 18.9. The highest BCUT2D eigenvalue weighted by Gasteiger charge is 2.55. The smallest absolute Gasteiger partial charge is 0.247 e. The zero-order valence-corrected chi connectivity index (χ0v) is 51.5. The van der Waals surface area contributed by atoms with Crippen LogP contribution >= 0.6 is 0 Å². The van der Waals surface area contributed by atoms with Gasteiger partial charge in [-0.2, -0.15) is 0 Å². The van der Waals surface area contributed by atoms with E-state index >= 15 is 0 Å². The molecule has 89 heavy (non-hydrogen) atoms. The van der Waals surface area contributed by atoms with Gasteiger partial charge in [0, 0.05) is 50.1 Å². The van der Waals surface area contributed by atoms with Gasteiger partial charge in [0.25, 0.3) is 0 Å². The van der Waals surface area contributed by atoms with Crippen molar-refractivity contribution in [3.8, 4) is 61.7 Å². The van der Waals surface area contributed by atoms with E-state index in [1.165, 1.54) is 11.1 Å². The Hall–Kier alpha value is -9.90. The summed E-state index contributed by atoms with van der Waals surface area (Å²) in [6.45, 7) is 19.5. The van der Waals surface area contributed by atoms with Gasteiger partial charge in [0.05, 0.1) is 35.8 Å². The van der Waals surface area contributed by atoms with E-state index in [0.717, 1.165) is 105 Å². The van der Waals surface area contributed by atoms with E-state index in [9.17, 15) is 5.48 Å². The monoisotopic (exact) mass is 1160 g/mol. The summed E-state index contributed by atoms with van der Waals surface area (Å²) in [5, 5.41) is 2.21. The maximum Gasteiger partial charge on any atom is 0.247 e. The summed E-state index contributed by atoms with van der Waals surface area (Å²) in [6.07, 6.45) is 0. The molecule has 0 radical (unpaired) electrons. The largest absolute Gasteiger partial charge is 0.457 e. The molecular weight excluding hydrogens is 1080 g/mol. The zero-order valence-electron chi connectivity index (χ0n) is 61.5. The topological polar surface area (TPSA) is 17.4 Å². The van der Waals surface area contributed by atoms with Gasteiger partial charge in [-0.1, -0.05) is 268 Å². The minimum absolute atomic E-state index is 0.0510. The maximum atomic E-state index is 9.61. The van der Waals surface area contributed by atoms with Crippen molar-refractivity contribution in [3.63, 3.8) is 0 Å². The lowest BCUT2D eigenvalue weighted by atomic mass is 9.29. The van der Waals surface area contributed by atoms with Crippen LogP contribution in [0.4, 0.5) is 17.1 Å². The second-order valence-corrected chi connectivity index (χ2v) is 27.3. The second-order valence-electron chi connectivity index (χ2n) is 27.3. The third-order valence-electron chi connectivity index (χ3n) is 18.9. The number of nitrogens with zero attached hydrogens (tertiary/aromatic N) is 2. The van der Waals surface area contributed by atoms with Crippen LogP contribution in [0.2, 0.25) is 0 Å². The molecule has 430 valence electrons. The van der Waals surface area contributed by atoms with Gasteiger partial charge in [0.1, 0.15) is 11.5 Å². The van der Waals surface area contributed by atoms with Crippen molar-refractivity contribution < 1.29 is 18.4 Å². The van der Waals surface area contributed by atoms with Crippen LogP contribution in [0, 0.1) is 0 Å². The number of fused-ring (bicyclic) bond motifs is 13. The average molecular weight is 1160 g/mol. The molecule has 0 atom stereocenters. The van der Waals surface area contributed by atoms with Gasteiger partial charge in [-0.15, -0.1) is 0 Å². The molecule has 3 nitrogen and oxygen atoms in total. The van der Waals surface area contributed by atoms with Crippen LogP contribution in [0.3, 0.4) is 0 Å². The molecule has 0 bridgehead atoms. The zero-order chi connectivity index (χ0) is 69.4. The first-order valence-electron chi connectivity index (χ1n) is 35.9. The normalized spacial score (nSPS) is 15.4. The summed E-state index contributed by atoms with van der Waals surface area (Å²) in [5.41, 5.74) is 17.6. The first-order valence-corrected chi connectivity index (χ1v) is 30.9. The lowest BCUT2D eigenvalue weighted by Crippen LogP contribution is -2.65. The summed E-state index contributed by atoms with van der Waals surface area (Å²) < 4.78 is 102. The Balaban J connectivity index is 1.17. The minimum atomic E-state index is -1.20. The number of para-hydroxylation sites is 2. The molecule has 3 aliphatic rings. The van der Waals surface area contributed by atoms with Crippen molar-refractivity contribution in [1.29, 1.82) is 0 Å². The van der Waals surface area contributed by atoms with E-state index in [2.05, 4.69) is 217 Å². The van der Waals surface area contributed by atoms with Crippen LogP contribution in [-0.2, 0) is 21.7 Å². The fourth-order valence-electron chi connectivity index (χ4n) is 14.6. The molecule has 4 heterocycles. The van der Waals surface area contributed by atoms with E-state index in [1.54, 1.807) is 0 Å². The van der Waals surface area contributed by atoms with Crippen LogP contribution in [0.15, 0.2) is 267 Å². The molecule has 0 fully saturated rings. The Bertz CT molecular complexity index is 5390. The lowest BCUT2D eigenvalue weighted by Gasteiger charge is -2.50. The van der Waals surface area contributed by atoms with Crippen LogP contribution in [-0.4, -0.2) is 11.3 Å². The molecule has 0 aliphatic carbocycles. The first kappa shape index (κ1) is 44.5. The highest BCUT2D eigenvalue weighted by molar-refractivity contribution is 6.99. The van der Waals surface area contributed by atoms with Crippen molar-refractivity contribution in [2.45, 2.75) is 84.0 Å². The van der Waals surface area contributed by atoms with Gasteiger partial charge in [0.15, 0.2) is 0 Å². The molecule has 1 aromatic heterocycles. The molecule has 0 saturated carbocycles. The summed E-state index contributed by atoms with van der Waals surface area (Å²) in [5.74, 6) is 1.31. The molecule has 3 aliphatic heterocycles. The summed E-state index contributed by atoms with van der Waals surface area (Å²) in [4.78, 5) is 2.39. The summed E-state index contributed by atoms with van der Waals surface area (Å²) >= 11 is 0. The Morgan fingerprint density at radius 1 is 0.382 bits per heavy atom. The third kappa shape index (κ3) is 8.54. The van der Waals surface area contributed by atoms with Crippen LogP contribution in [0.25, 0.3) is 72.0 Å². The standard InChI is InChI=1S/C85H71BN2O/c1-82(2,3)60-40-44-74-66(48-60)67-49-61(83(4,5)6)41-45-75(67)87(74)63-52-71-80-77(53-63)88(81-64(56-30-18-12-19-31-56)50-62(84(7,8)9)51-65(81)57-32-20-13-21-33-57)76-47-59(55-28-16-11-17-29-55)39-43-72(76)86(80)73-46-58(54-26-14-10-15-27-54)38-42-68(73)85(71)69-34-22-24-36-78(69)89-79-37-25-23-35-70(79)85/h10-53H,1-9H3/i10D,11D,14D,15D,16D,17D,26D,27D,28D,29D. The minimum Gasteiger partial charge on any atom is -0.457 e. The summed E-state index contributed by atoms with van der Waals surface area (Å²) in [7, 11) is 0. The van der Waals surface area contributed by atoms with Crippen molar-refractivity contribution in [3.05, 3.63) is 306 Å². The van der Waals surface area contributed by atoms with Crippen LogP contribution in [0.1, 0.15) is 115 Å². The number of hydrogen-bond acceptors (Lipinski definition) is 2. The van der Waals surface area contributed by atoms with Crippen molar-refractivity contribution in [2.24, 2.45) is 0 Å². The van der Waals surface area contributed by atoms with Gasteiger partial charge < -0.3 is 14.2 Å².